The zero-order chi connectivity index (χ0) is 18.4. The molecule has 1 N–H and O–H groups in total. The van der Waals surface area contributed by atoms with Crippen molar-refractivity contribution in [2.75, 3.05) is 6.54 Å². The van der Waals surface area contributed by atoms with Crippen LogP contribution >= 0.6 is 0 Å². The fraction of sp³-hybridized carbons (Fsp3) is 0.286. The highest BCUT2D eigenvalue weighted by Gasteiger charge is 2.25. The van der Waals surface area contributed by atoms with Gasteiger partial charge in [-0.2, -0.15) is 0 Å². The lowest BCUT2D eigenvalue weighted by molar-refractivity contribution is -0.155. The van der Waals surface area contributed by atoms with Crippen molar-refractivity contribution in [1.29, 1.82) is 0 Å². The van der Waals surface area contributed by atoms with Gasteiger partial charge in [0.05, 0.1) is 0 Å². The minimum Gasteiger partial charge on any atom is -0.453 e. The summed E-state index contributed by atoms with van der Waals surface area (Å²) < 4.78 is 5.16. The van der Waals surface area contributed by atoms with Gasteiger partial charge in [0.2, 0.25) is 0 Å². The standard InChI is InChI=1S/C21H21NO4/c23-18-8-4-5-9-19(18)26-20(24)14-22-21(25)17-12-10-16(11-13-17)15-6-2-1-3-7-15/h1-3,6-7,10-13,19H,4-5,8-9,14H2,(H,22,25)/t19-/m1/s1. The molecule has 0 aromatic heterocycles. The Morgan fingerprint density at radius 1 is 0.962 bits per heavy atom. The number of carbonyl (C=O) groups excluding carboxylic acids is 3. The van der Waals surface area contributed by atoms with Gasteiger partial charge in [0, 0.05) is 12.0 Å². The topological polar surface area (TPSA) is 72.5 Å². The number of hydrogen-bond donors (Lipinski definition) is 1. The fourth-order valence-corrected chi connectivity index (χ4v) is 2.98. The third kappa shape index (κ3) is 4.57. The molecule has 3 rings (SSSR count). The van der Waals surface area contributed by atoms with Gasteiger partial charge in [0.25, 0.3) is 5.91 Å². The second-order valence-electron chi connectivity index (χ2n) is 6.32. The first-order chi connectivity index (χ1) is 12.6. The molecule has 1 saturated carbocycles. The van der Waals surface area contributed by atoms with Crippen LogP contribution in [0.4, 0.5) is 0 Å². The molecule has 0 spiro atoms. The highest BCUT2D eigenvalue weighted by atomic mass is 16.5. The van der Waals surface area contributed by atoms with E-state index in [1.807, 2.05) is 42.5 Å². The Hall–Kier alpha value is -2.95. The van der Waals surface area contributed by atoms with Gasteiger partial charge in [-0.3, -0.25) is 14.4 Å². The van der Waals surface area contributed by atoms with Crippen molar-refractivity contribution in [1.82, 2.24) is 5.32 Å². The molecule has 0 aliphatic heterocycles. The largest absolute Gasteiger partial charge is 0.453 e. The van der Waals surface area contributed by atoms with Gasteiger partial charge in [0.1, 0.15) is 6.54 Å². The summed E-state index contributed by atoms with van der Waals surface area (Å²) in [6.45, 7) is -0.247. The Balaban J connectivity index is 1.51. The summed E-state index contributed by atoms with van der Waals surface area (Å²) in [7, 11) is 0. The smallest absolute Gasteiger partial charge is 0.326 e. The third-order valence-corrected chi connectivity index (χ3v) is 4.42. The number of rotatable bonds is 5. The Kier molecular flexibility index (Phi) is 5.79. The molecular formula is C21H21NO4. The molecule has 1 aliphatic carbocycles. The van der Waals surface area contributed by atoms with E-state index in [0.717, 1.165) is 24.0 Å². The van der Waals surface area contributed by atoms with E-state index < -0.39 is 12.1 Å². The highest BCUT2D eigenvalue weighted by molar-refractivity contribution is 5.96. The van der Waals surface area contributed by atoms with Crippen LogP contribution in [0, 0.1) is 0 Å². The van der Waals surface area contributed by atoms with Crippen LogP contribution in [-0.4, -0.2) is 30.3 Å². The molecular weight excluding hydrogens is 330 g/mol. The summed E-state index contributed by atoms with van der Waals surface area (Å²) >= 11 is 0. The summed E-state index contributed by atoms with van der Waals surface area (Å²) in [6, 6.07) is 17.0. The average Bonchev–Trinajstić information content (AvgIpc) is 2.69. The second kappa shape index (κ2) is 8.43. The summed E-state index contributed by atoms with van der Waals surface area (Å²) in [5.41, 5.74) is 2.55. The van der Waals surface area contributed by atoms with Crippen molar-refractivity contribution in [3.05, 3.63) is 60.2 Å². The van der Waals surface area contributed by atoms with E-state index in [2.05, 4.69) is 5.32 Å². The number of esters is 1. The number of benzene rings is 2. The predicted octanol–water partition coefficient (Wildman–Crippen LogP) is 3.14. The number of ether oxygens (including phenoxy) is 1. The van der Waals surface area contributed by atoms with Gasteiger partial charge < -0.3 is 10.1 Å². The number of hydrogen-bond acceptors (Lipinski definition) is 4. The number of ketones is 1. The number of Topliss-reactive ketones (excluding diaryl/α,β-unsaturated/α-hetero) is 1. The van der Waals surface area contributed by atoms with E-state index in [-0.39, 0.29) is 18.2 Å². The maximum absolute atomic E-state index is 12.2. The molecule has 1 amide bonds. The van der Waals surface area contributed by atoms with Crippen LogP contribution in [0.1, 0.15) is 36.0 Å². The molecule has 134 valence electrons. The first kappa shape index (κ1) is 17.9. The molecule has 2 aromatic carbocycles. The summed E-state index contributed by atoms with van der Waals surface area (Å²) in [4.78, 5) is 35.7. The molecule has 0 heterocycles. The van der Waals surface area contributed by atoms with Crippen molar-refractivity contribution in [2.24, 2.45) is 0 Å². The monoisotopic (exact) mass is 351 g/mol. The minimum absolute atomic E-state index is 0.0348. The Labute approximate surface area is 152 Å². The third-order valence-electron chi connectivity index (χ3n) is 4.42. The number of carbonyl (C=O) groups is 3. The van der Waals surface area contributed by atoms with E-state index in [1.165, 1.54) is 0 Å². The van der Waals surface area contributed by atoms with Crippen molar-refractivity contribution in [2.45, 2.75) is 31.8 Å². The van der Waals surface area contributed by atoms with Crippen LogP contribution in [0.25, 0.3) is 11.1 Å². The Morgan fingerprint density at radius 3 is 2.35 bits per heavy atom. The van der Waals surface area contributed by atoms with Crippen molar-refractivity contribution in [3.63, 3.8) is 0 Å². The first-order valence-electron chi connectivity index (χ1n) is 8.79. The Morgan fingerprint density at radius 2 is 1.65 bits per heavy atom. The second-order valence-corrected chi connectivity index (χ2v) is 6.32. The highest BCUT2D eigenvalue weighted by Crippen LogP contribution is 2.19. The average molecular weight is 351 g/mol. The van der Waals surface area contributed by atoms with E-state index >= 15 is 0 Å². The zero-order valence-corrected chi connectivity index (χ0v) is 14.4. The summed E-state index contributed by atoms with van der Waals surface area (Å²) in [6.07, 6.45) is 2.10. The van der Waals surface area contributed by atoms with Gasteiger partial charge in [-0.05, 0) is 42.5 Å². The van der Waals surface area contributed by atoms with E-state index in [4.69, 9.17) is 4.74 Å². The van der Waals surface area contributed by atoms with Crippen molar-refractivity contribution in [3.8, 4) is 11.1 Å². The van der Waals surface area contributed by atoms with Crippen molar-refractivity contribution < 1.29 is 19.1 Å². The predicted molar refractivity (Wildman–Crippen MR) is 97.6 cm³/mol. The van der Waals surface area contributed by atoms with Gasteiger partial charge in [-0.15, -0.1) is 0 Å². The van der Waals surface area contributed by atoms with Gasteiger partial charge in [-0.25, -0.2) is 0 Å². The van der Waals surface area contributed by atoms with Crippen LogP contribution in [0.5, 0.6) is 0 Å². The molecule has 1 fully saturated rings. The number of amides is 1. The van der Waals surface area contributed by atoms with E-state index in [0.29, 0.717) is 18.4 Å². The van der Waals surface area contributed by atoms with Crippen molar-refractivity contribution >= 4 is 17.7 Å². The van der Waals surface area contributed by atoms with Gasteiger partial charge in [-0.1, -0.05) is 42.5 Å². The Bertz CT molecular complexity index is 783. The fourth-order valence-electron chi connectivity index (χ4n) is 2.98. The maximum atomic E-state index is 12.2. The van der Waals surface area contributed by atoms with Gasteiger partial charge >= 0.3 is 5.97 Å². The van der Waals surface area contributed by atoms with Crippen LogP contribution in [0.3, 0.4) is 0 Å². The summed E-state index contributed by atoms with van der Waals surface area (Å²) in [5, 5.41) is 2.54. The summed E-state index contributed by atoms with van der Waals surface area (Å²) in [5.74, 6) is -0.969. The molecule has 0 radical (unpaired) electrons. The molecule has 5 nitrogen and oxygen atoms in total. The van der Waals surface area contributed by atoms with Crippen LogP contribution < -0.4 is 5.32 Å². The normalized spacial score (nSPS) is 16.8. The lowest BCUT2D eigenvalue weighted by Gasteiger charge is -2.20. The van der Waals surface area contributed by atoms with Crippen LogP contribution in [0.2, 0.25) is 0 Å². The first-order valence-corrected chi connectivity index (χ1v) is 8.79. The van der Waals surface area contributed by atoms with E-state index in [9.17, 15) is 14.4 Å². The SMILES string of the molecule is O=C(CNC(=O)c1ccc(-c2ccccc2)cc1)O[C@@H]1CCCCC1=O. The molecule has 1 aliphatic rings. The molecule has 1 atom stereocenters. The van der Waals surface area contributed by atoms with Crippen LogP contribution in [-0.2, 0) is 14.3 Å². The zero-order valence-electron chi connectivity index (χ0n) is 14.4. The molecule has 5 heteroatoms. The van der Waals surface area contributed by atoms with E-state index in [1.54, 1.807) is 12.1 Å². The van der Waals surface area contributed by atoms with Crippen LogP contribution in [0.15, 0.2) is 54.6 Å². The minimum atomic E-state index is -0.654. The molecule has 0 bridgehead atoms. The molecule has 26 heavy (non-hydrogen) atoms. The maximum Gasteiger partial charge on any atom is 0.326 e. The lowest BCUT2D eigenvalue weighted by atomic mass is 9.96. The lowest BCUT2D eigenvalue weighted by Crippen LogP contribution is -2.36. The molecule has 2 aromatic rings. The van der Waals surface area contributed by atoms with Gasteiger partial charge in [0.15, 0.2) is 11.9 Å². The molecule has 0 unspecified atom stereocenters. The quantitative estimate of drug-likeness (QED) is 0.840. The number of nitrogens with one attached hydrogen (secondary N) is 1. The molecule has 0 saturated heterocycles.